The summed E-state index contributed by atoms with van der Waals surface area (Å²) in [5.41, 5.74) is 2.49. The fourth-order valence-corrected chi connectivity index (χ4v) is 4.86. The monoisotopic (exact) mass is 425 g/mol. The van der Waals surface area contributed by atoms with Crippen LogP contribution in [0, 0.1) is 0 Å². The Labute approximate surface area is 186 Å². The fraction of sp³-hybridized carbons (Fsp3) is 0.520. The first-order chi connectivity index (χ1) is 15.2. The van der Waals surface area contributed by atoms with Gasteiger partial charge in [-0.15, -0.1) is 0 Å². The van der Waals surface area contributed by atoms with Gasteiger partial charge in [-0.1, -0.05) is 0 Å². The van der Waals surface area contributed by atoms with Crippen LogP contribution < -0.4 is 19.1 Å². The highest BCUT2D eigenvalue weighted by Crippen LogP contribution is 2.28. The van der Waals surface area contributed by atoms with Crippen LogP contribution in [0.25, 0.3) is 0 Å². The van der Waals surface area contributed by atoms with Gasteiger partial charge >= 0.3 is 0 Å². The number of methoxy groups -OCH3 is 3. The zero-order chi connectivity index (χ0) is 21.6. The van der Waals surface area contributed by atoms with Crippen LogP contribution >= 0.6 is 0 Å². The van der Waals surface area contributed by atoms with Gasteiger partial charge in [0.15, 0.2) is 0 Å². The first-order valence-electron chi connectivity index (χ1n) is 11.3. The molecule has 2 aromatic rings. The fourth-order valence-electron chi connectivity index (χ4n) is 4.86. The molecule has 2 aliphatic rings. The van der Waals surface area contributed by atoms with Crippen LogP contribution in [0.1, 0.15) is 18.4 Å². The Balaban J connectivity index is 1.33. The van der Waals surface area contributed by atoms with E-state index >= 15 is 0 Å². The minimum atomic E-state index is 0.628. The van der Waals surface area contributed by atoms with Crippen LogP contribution in [-0.2, 0) is 6.54 Å². The van der Waals surface area contributed by atoms with Crippen LogP contribution in [0.5, 0.6) is 17.2 Å². The Morgan fingerprint density at radius 1 is 0.806 bits per heavy atom. The molecular weight excluding hydrogens is 390 g/mol. The average Bonchev–Trinajstić information content (AvgIpc) is 2.84. The second-order valence-corrected chi connectivity index (χ2v) is 8.43. The first-order valence-corrected chi connectivity index (χ1v) is 11.3. The Bertz CT molecular complexity index is 834. The van der Waals surface area contributed by atoms with Crippen LogP contribution in [-0.4, -0.2) is 76.4 Å². The molecule has 4 rings (SSSR count). The third-order valence-electron chi connectivity index (χ3n) is 6.63. The highest BCUT2D eigenvalue weighted by molar-refractivity contribution is 5.49. The number of benzene rings is 2. The number of ether oxygens (including phenoxy) is 3. The molecule has 2 saturated heterocycles. The van der Waals surface area contributed by atoms with Gasteiger partial charge in [0.05, 0.1) is 21.3 Å². The third kappa shape index (κ3) is 5.25. The van der Waals surface area contributed by atoms with E-state index in [9.17, 15) is 0 Å². The molecule has 0 N–H and O–H groups in total. The second kappa shape index (κ2) is 10.2. The molecule has 0 aromatic heterocycles. The Hall–Kier alpha value is -2.44. The third-order valence-corrected chi connectivity index (χ3v) is 6.63. The maximum atomic E-state index is 5.59. The molecule has 2 aromatic carbocycles. The number of piperidine rings is 1. The van der Waals surface area contributed by atoms with E-state index < -0.39 is 0 Å². The Kier molecular flexibility index (Phi) is 7.20. The van der Waals surface area contributed by atoms with Gasteiger partial charge in [0, 0.05) is 56.6 Å². The van der Waals surface area contributed by atoms with E-state index in [1.54, 1.807) is 21.3 Å². The van der Waals surface area contributed by atoms with Crippen molar-refractivity contribution in [2.24, 2.45) is 0 Å². The molecule has 31 heavy (non-hydrogen) atoms. The lowest BCUT2D eigenvalue weighted by molar-refractivity contribution is 0.0883. The highest BCUT2D eigenvalue weighted by Gasteiger charge is 2.28. The van der Waals surface area contributed by atoms with Crippen molar-refractivity contribution in [3.63, 3.8) is 0 Å². The molecule has 1 unspecified atom stereocenters. The summed E-state index contributed by atoms with van der Waals surface area (Å²) in [7, 11) is 5.17. The van der Waals surface area contributed by atoms with Gasteiger partial charge in [0.2, 0.25) is 0 Å². The second-order valence-electron chi connectivity index (χ2n) is 8.43. The average molecular weight is 426 g/mol. The molecule has 2 aliphatic heterocycles. The van der Waals surface area contributed by atoms with Crippen LogP contribution in [0.15, 0.2) is 42.5 Å². The predicted octanol–water partition coefficient (Wildman–Crippen LogP) is 3.50. The van der Waals surface area contributed by atoms with Gasteiger partial charge in [-0.05, 0) is 61.9 Å². The summed E-state index contributed by atoms with van der Waals surface area (Å²) in [6.07, 6.45) is 2.53. The zero-order valence-electron chi connectivity index (χ0n) is 19.0. The summed E-state index contributed by atoms with van der Waals surface area (Å²) >= 11 is 0. The molecule has 2 fully saturated rings. The SMILES string of the molecule is COc1ccc(N2CCN(C3CCCN(Cc4cc(OC)ccc4OC)C3)CC2)cc1. The lowest BCUT2D eigenvalue weighted by Gasteiger charge is -2.44. The predicted molar refractivity (Wildman–Crippen MR) is 125 cm³/mol. The molecular formula is C25H35N3O3. The molecule has 168 valence electrons. The van der Waals surface area contributed by atoms with Gasteiger partial charge in [0.1, 0.15) is 17.2 Å². The summed E-state index contributed by atoms with van der Waals surface area (Å²) in [5.74, 6) is 2.74. The summed E-state index contributed by atoms with van der Waals surface area (Å²) in [5, 5.41) is 0. The normalized spacial score (nSPS) is 20.5. The molecule has 0 bridgehead atoms. The molecule has 0 saturated carbocycles. The molecule has 6 heteroatoms. The summed E-state index contributed by atoms with van der Waals surface area (Å²) in [6.45, 7) is 7.55. The lowest BCUT2D eigenvalue weighted by Crippen LogP contribution is -2.55. The van der Waals surface area contributed by atoms with Crippen molar-refractivity contribution in [2.75, 3.05) is 65.5 Å². The van der Waals surface area contributed by atoms with E-state index in [0.29, 0.717) is 6.04 Å². The molecule has 2 heterocycles. The number of hydrogen-bond donors (Lipinski definition) is 0. The molecule has 6 nitrogen and oxygen atoms in total. The van der Waals surface area contributed by atoms with E-state index in [1.165, 1.54) is 24.1 Å². The van der Waals surface area contributed by atoms with Gasteiger partial charge in [-0.3, -0.25) is 9.80 Å². The minimum Gasteiger partial charge on any atom is -0.497 e. The zero-order valence-corrected chi connectivity index (χ0v) is 19.0. The molecule has 1 atom stereocenters. The molecule has 0 radical (unpaired) electrons. The summed E-state index contributed by atoms with van der Waals surface area (Å²) in [6, 6.07) is 15.1. The summed E-state index contributed by atoms with van der Waals surface area (Å²) in [4.78, 5) is 7.74. The van der Waals surface area contributed by atoms with Gasteiger partial charge < -0.3 is 19.1 Å². The Morgan fingerprint density at radius 2 is 1.52 bits per heavy atom. The summed E-state index contributed by atoms with van der Waals surface area (Å²) < 4.78 is 16.3. The van der Waals surface area contributed by atoms with Crippen molar-refractivity contribution in [1.82, 2.24) is 9.80 Å². The van der Waals surface area contributed by atoms with Crippen molar-refractivity contribution >= 4 is 5.69 Å². The van der Waals surface area contributed by atoms with Gasteiger partial charge in [-0.2, -0.15) is 0 Å². The molecule has 0 aliphatic carbocycles. The largest absolute Gasteiger partial charge is 0.497 e. The molecule has 0 spiro atoms. The van der Waals surface area contributed by atoms with Crippen molar-refractivity contribution in [1.29, 1.82) is 0 Å². The van der Waals surface area contributed by atoms with Crippen LogP contribution in [0.3, 0.4) is 0 Å². The number of nitrogens with zero attached hydrogens (tertiary/aromatic N) is 3. The van der Waals surface area contributed by atoms with Gasteiger partial charge in [0.25, 0.3) is 0 Å². The van der Waals surface area contributed by atoms with E-state index in [1.807, 2.05) is 24.3 Å². The van der Waals surface area contributed by atoms with Crippen molar-refractivity contribution in [3.05, 3.63) is 48.0 Å². The van der Waals surface area contributed by atoms with E-state index in [2.05, 4.69) is 32.9 Å². The minimum absolute atomic E-state index is 0.628. The maximum absolute atomic E-state index is 5.59. The maximum Gasteiger partial charge on any atom is 0.123 e. The van der Waals surface area contributed by atoms with E-state index in [4.69, 9.17) is 14.2 Å². The standard InChI is InChI=1S/C25H35N3O3/c1-29-23-8-6-21(7-9-23)27-13-15-28(16-14-27)22-5-4-12-26(19-22)18-20-17-24(30-2)10-11-25(20)31-3/h6-11,17,22H,4-5,12-16,18-19H2,1-3H3. The number of piperazine rings is 1. The lowest BCUT2D eigenvalue weighted by atomic mass is 10.0. The highest BCUT2D eigenvalue weighted by atomic mass is 16.5. The topological polar surface area (TPSA) is 37.4 Å². The first kappa shape index (κ1) is 21.8. The number of rotatable bonds is 7. The molecule has 0 amide bonds. The van der Waals surface area contributed by atoms with Gasteiger partial charge in [-0.25, -0.2) is 0 Å². The number of anilines is 1. The number of hydrogen-bond acceptors (Lipinski definition) is 6. The number of likely N-dealkylation sites (tertiary alicyclic amines) is 1. The van der Waals surface area contributed by atoms with Crippen LogP contribution in [0.4, 0.5) is 5.69 Å². The van der Waals surface area contributed by atoms with E-state index in [0.717, 1.165) is 63.1 Å². The van der Waals surface area contributed by atoms with E-state index in [-0.39, 0.29) is 0 Å². The van der Waals surface area contributed by atoms with Crippen molar-refractivity contribution < 1.29 is 14.2 Å². The van der Waals surface area contributed by atoms with Crippen molar-refractivity contribution in [3.8, 4) is 17.2 Å². The Morgan fingerprint density at radius 3 is 2.19 bits per heavy atom. The quantitative estimate of drug-likeness (QED) is 0.676. The smallest absolute Gasteiger partial charge is 0.123 e. The van der Waals surface area contributed by atoms with Crippen molar-refractivity contribution in [2.45, 2.75) is 25.4 Å². The van der Waals surface area contributed by atoms with Crippen LogP contribution in [0.2, 0.25) is 0 Å².